The molecule has 1 aliphatic heterocycles. The maximum absolute atomic E-state index is 12.2. The maximum Gasteiger partial charge on any atom is 0.222 e. The second-order valence-electron chi connectivity index (χ2n) is 7.54. The van der Waals surface area contributed by atoms with E-state index in [-0.39, 0.29) is 17.4 Å². The highest BCUT2D eigenvalue weighted by Gasteiger charge is 2.31. The number of fused-ring (bicyclic) bond motifs is 1. The van der Waals surface area contributed by atoms with Crippen molar-refractivity contribution in [2.75, 3.05) is 18.4 Å². The fraction of sp³-hybridized carbons (Fsp3) is 0.588. The Labute approximate surface area is 150 Å². The fourth-order valence-corrected chi connectivity index (χ4v) is 3.29. The quantitative estimate of drug-likeness (QED) is 0.845. The van der Waals surface area contributed by atoms with E-state index in [2.05, 4.69) is 52.1 Å². The van der Waals surface area contributed by atoms with Crippen LogP contribution < -0.4 is 5.32 Å². The molecule has 1 amide bonds. The van der Waals surface area contributed by atoms with Gasteiger partial charge in [-0.1, -0.05) is 20.8 Å². The monoisotopic (exact) mass is 393 g/mol. The van der Waals surface area contributed by atoms with Crippen molar-refractivity contribution >= 4 is 33.3 Å². The number of carbonyl (C=O) groups is 1. The van der Waals surface area contributed by atoms with E-state index in [0.717, 1.165) is 42.0 Å². The second-order valence-corrected chi connectivity index (χ2v) is 8.35. The molecule has 0 bridgehead atoms. The summed E-state index contributed by atoms with van der Waals surface area (Å²) in [7, 11) is 0. The van der Waals surface area contributed by atoms with Gasteiger partial charge in [0.1, 0.15) is 10.4 Å². The largest absolute Gasteiger partial charge is 0.367 e. The van der Waals surface area contributed by atoms with Gasteiger partial charge in [-0.15, -0.1) is 5.10 Å². The molecule has 7 heteroatoms. The van der Waals surface area contributed by atoms with Crippen molar-refractivity contribution in [2.45, 2.75) is 46.1 Å². The molecule has 0 spiro atoms. The molecule has 1 saturated heterocycles. The molecular weight excluding hydrogens is 370 g/mol. The molecule has 3 rings (SSSR count). The van der Waals surface area contributed by atoms with Crippen molar-refractivity contribution < 1.29 is 4.79 Å². The lowest BCUT2D eigenvalue weighted by Crippen LogP contribution is -2.39. The van der Waals surface area contributed by atoms with Crippen LogP contribution in [0, 0.1) is 5.41 Å². The van der Waals surface area contributed by atoms with Gasteiger partial charge in [-0.25, -0.2) is 9.50 Å². The molecule has 1 aliphatic rings. The molecular formula is C17H24BrN5O. The van der Waals surface area contributed by atoms with Gasteiger partial charge in [0.25, 0.3) is 0 Å². The van der Waals surface area contributed by atoms with E-state index in [1.807, 2.05) is 17.0 Å². The number of hydrogen-bond donors (Lipinski definition) is 1. The smallest absolute Gasteiger partial charge is 0.222 e. The Morgan fingerprint density at radius 3 is 2.92 bits per heavy atom. The number of carbonyl (C=O) groups excluding carboxylic acids is 1. The Hall–Kier alpha value is -1.63. The Kier molecular flexibility index (Phi) is 4.80. The van der Waals surface area contributed by atoms with Crippen LogP contribution in [0.2, 0.25) is 0 Å². The average molecular weight is 394 g/mol. The predicted molar refractivity (Wildman–Crippen MR) is 98.0 cm³/mol. The molecule has 1 N–H and O–H groups in total. The minimum Gasteiger partial charge on any atom is -0.367 e. The van der Waals surface area contributed by atoms with E-state index >= 15 is 0 Å². The van der Waals surface area contributed by atoms with Gasteiger partial charge >= 0.3 is 0 Å². The first-order valence-electron chi connectivity index (χ1n) is 8.37. The molecule has 3 heterocycles. The van der Waals surface area contributed by atoms with Crippen LogP contribution in [0.15, 0.2) is 22.9 Å². The van der Waals surface area contributed by atoms with Crippen molar-refractivity contribution in [1.82, 2.24) is 19.5 Å². The maximum atomic E-state index is 12.2. The van der Waals surface area contributed by atoms with Crippen LogP contribution in [0.1, 0.15) is 40.0 Å². The third-order valence-electron chi connectivity index (χ3n) is 4.39. The highest BCUT2D eigenvalue weighted by molar-refractivity contribution is 9.10. The van der Waals surface area contributed by atoms with Crippen LogP contribution in [-0.4, -0.2) is 44.5 Å². The third-order valence-corrected chi connectivity index (χ3v) is 4.94. The molecule has 6 nitrogen and oxygen atoms in total. The Balaban J connectivity index is 1.63. The van der Waals surface area contributed by atoms with Crippen LogP contribution >= 0.6 is 15.9 Å². The van der Waals surface area contributed by atoms with Gasteiger partial charge in [-0.3, -0.25) is 4.79 Å². The number of nitrogens with one attached hydrogen (secondary N) is 1. The number of anilines is 1. The van der Waals surface area contributed by atoms with Crippen LogP contribution in [-0.2, 0) is 4.79 Å². The van der Waals surface area contributed by atoms with Gasteiger partial charge in [-0.2, -0.15) is 0 Å². The zero-order chi connectivity index (χ0) is 17.3. The van der Waals surface area contributed by atoms with Crippen molar-refractivity contribution in [3.05, 3.63) is 22.9 Å². The summed E-state index contributed by atoms with van der Waals surface area (Å²) >= 11 is 3.43. The molecule has 1 fully saturated rings. The summed E-state index contributed by atoms with van der Waals surface area (Å²) in [4.78, 5) is 18.4. The van der Waals surface area contributed by atoms with E-state index in [1.54, 1.807) is 10.7 Å². The zero-order valence-electron chi connectivity index (χ0n) is 14.4. The van der Waals surface area contributed by atoms with Crippen molar-refractivity contribution in [3.8, 4) is 0 Å². The molecule has 24 heavy (non-hydrogen) atoms. The molecule has 2 aromatic heterocycles. The first-order chi connectivity index (χ1) is 11.3. The topological polar surface area (TPSA) is 62.5 Å². The molecule has 0 radical (unpaired) electrons. The second kappa shape index (κ2) is 6.70. The number of nitrogens with zero attached hydrogens (tertiary/aromatic N) is 4. The van der Waals surface area contributed by atoms with E-state index in [4.69, 9.17) is 0 Å². The van der Waals surface area contributed by atoms with E-state index < -0.39 is 0 Å². The predicted octanol–water partition coefficient (Wildman–Crippen LogP) is 3.33. The van der Waals surface area contributed by atoms with E-state index in [0.29, 0.717) is 6.42 Å². The van der Waals surface area contributed by atoms with Crippen LogP contribution in [0.3, 0.4) is 0 Å². The number of imidazole rings is 1. The number of hydrogen-bond acceptors (Lipinski definition) is 4. The number of amides is 1. The molecule has 2 aromatic rings. The highest BCUT2D eigenvalue weighted by Crippen LogP contribution is 2.24. The molecule has 0 saturated carbocycles. The van der Waals surface area contributed by atoms with Crippen molar-refractivity contribution in [1.29, 1.82) is 0 Å². The van der Waals surface area contributed by atoms with E-state index in [9.17, 15) is 4.79 Å². The number of likely N-dealkylation sites (tertiary alicyclic amines) is 1. The Morgan fingerprint density at radius 1 is 1.38 bits per heavy atom. The van der Waals surface area contributed by atoms with Crippen molar-refractivity contribution in [2.24, 2.45) is 5.41 Å². The van der Waals surface area contributed by atoms with Crippen molar-refractivity contribution in [3.63, 3.8) is 0 Å². The number of aromatic nitrogens is 3. The minimum atomic E-state index is 0.237. The average Bonchev–Trinajstić information content (AvgIpc) is 3.06. The van der Waals surface area contributed by atoms with Gasteiger partial charge in [0.05, 0.1) is 6.20 Å². The third kappa shape index (κ3) is 3.88. The van der Waals surface area contributed by atoms with Crippen LogP contribution in [0.4, 0.5) is 5.82 Å². The number of halogens is 1. The van der Waals surface area contributed by atoms with Gasteiger partial charge in [0.15, 0.2) is 5.65 Å². The summed E-state index contributed by atoms with van der Waals surface area (Å²) < 4.78 is 2.57. The summed E-state index contributed by atoms with van der Waals surface area (Å²) in [5.74, 6) is 1.06. The molecule has 0 aromatic carbocycles. The Bertz CT molecular complexity index is 736. The van der Waals surface area contributed by atoms with E-state index in [1.165, 1.54) is 0 Å². The fourth-order valence-electron chi connectivity index (χ4n) is 2.93. The standard InChI is InChI=1S/C17H24BrN5O/c1-17(2,3)8-9-22-12(4-7-16(22)24)10-19-14-5-6-15-20-11-13(18)23(15)21-14/h5-6,11-12H,4,7-10H2,1-3H3,(H,19,21). The first kappa shape index (κ1) is 17.2. The first-order valence-corrected chi connectivity index (χ1v) is 9.16. The lowest BCUT2D eigenvalue weighted by molar-refractivity contribution is -0.129. The summed E-state index contributed by atoms with van der Waals surface area (Å²) in [6, 6.07) is 4.09. The summed E-state index contributed by atoms with van der Waals surface area (Å²) in [5, 5.41) is 7.89. The lowest BCUT2D eigenvalue weighted by atomic mass is 9.92. The molecule has 1 atom stereocenters. The zero-order valence-corrected chi connectivity index (χ0v) is 16.0. The Morgan fingerprint density at radius 2 is 2.17 bits per heavy atom. The lowest BCUT2D eigenvalue weighted by Gasteiger charge is -2.28. The summed E-state index contributed by atoms with van der Waals surface area (Å²) in [6.07, 6.45) is 4.31. The van der Waals surface area contributed by atoms with Crippen LogP contribution in [0.25, 0.3) is 5.65 Å². The molecule has 130 valence electrons. The normalized spacial score (nSPS) is 18.6. The molecule has 0 aliphatic carbocycles. The number of rotatable bonds is 5. The van der Waals surface area contributed by atoms with Crippen LogP contribution in [0.5, 0.6) is 0 Å². The van der Waals surface area contributed by atoms with Gasteiger partial charge in [-0.05, 0) is 46.3 Å². The van der Waals surface area contributed by atoms with Gasteiger partial charge in [0.2, 0.25) is 5.91 Å². The molecule has 1 unspecified atom stereocenters. The summed E-state index contributed by atoms with van der Waals surface area (Å²) in [5.41, 5.74) is 1.04. The summed E-state index contributed by atoms with van der Waals surface area (Å²) in [6.45, 7) is 8.18. The van der Waals surface area contributed by atoms with Gasteiger partial charge in [0, 0.05) is 25.6 Å². The minimum absolute atomic E-state index is 0.237. The SMILES string of the molecule is CC(C)(C)CCN1C(=O)CCC1CNc1ccc2ncc(Br)n2n1. The highest BCUT2D eigenvalue weighted by atomic mass is 79.9. The van der Waals surface area contributed by atoms with Gasteiger partial charge < -0.3 is 10.2 Å².